The zero-order valence-electron chi connectivity index (χ0n) is 15.0. The van der Waals surface area contributed by atoms with E-state index in [1.54, 1.807) is 0 Å². The number of nitrogens with one attached hydrogen (secondary N) is 2. The lowest BCUT2D eigenvalue weighted by Gasteiger charge is -2.36. The highest BCUT2D eigenvalue weighted by Crippen LogP contribution is 2.27. The van der Waals surface area contributed by atoms with E-state index in [0.29, 0.717) is 32.0 Å². The third-order valence-corrected chi connectivity index (χ3v) is 5.09. The molecule has 0 aromatic rings. The normalized spacial score (nSPS) is 23.1. The summed E-state index contributed by atoms with van der Waals surface area (Å²) in [6.45, 7) is 1.35. The maximum Gasteiger partial charge on any atom is 0.249 e. The molecular weight excluding hydrogens is 324 g/mol. The molecule has 1 saturated heterocycles. The highest BCUT2D eigenvalue weighted by atomic mass is 16.5. The first-order valence-corrected chi connectivity index (χ1v) is 9.11. The SMILES string of the molecule is COCC(=O)N1CCNCC1C(=O)NC(CC1CCCCC1)C(N)=O. The van der Waals surface area contributed by atoms with Crippen molar-refractivity contribution in [1.29, 1.82) is 0 Å². The van der Waals surface area contributed by atoms with Crippen LogP contribution in [0.1, 0.15) is 38.5 Å². The number of carbonyl (C=O) groups is 3. The number of nitrogens with two attached hydrogens (primary N) is 1. The fourth-order valence-electron chi connectivity index (χ4n) is 3.71. The summed E-state index contributed by atoms with van der Waals surface area (Å²) in [5, 5.41) is 5.89. The van der Waals surface area contributed by atoms with Crippen molar-refractivity contribution >= 4 is 17.7 Å². The second-order valence-corrected chi connectivity index (χ2v) is 6.94. The standard InChI is InChI=1S/C17H30N4O4/c1-25-11-15(22)21-8-7-19-10-14(21)17(24)20-13(16(18)23)9-12-5-3-2-4-6-12/h12-14,19H,2-11H2,1H3,(H2,18,23)(H,20,24). The molecule has 1 heterocycles. The van der Waals surface area contributed by atoms with Crippen molar-refractivity contribution in [1.82, 2.24) is 15.5 Å². The van der Waals surface area contributed by atoms with Gasteiger partial charge < -0.3 is 26.0 Å². The molecule has 3 amide bonds. The van der Waals surface area contributed by atoms with Gasteiger partial charge in [0.2, 0.25) is 17.7 Å². The molecule has 0 bridgehead atoms. The maximum atomic E-state index is 12.7. The summed E-state index contributed by atoms with van der Waals surface area (Å²) in [4.78, 5) is 38.1. The van der Waals surface area contributed by atoms with Crippen LogP contribution in [0.4, 0.5) is 0 Å². The fourth-order valence-corrected chi connectivity index (χ4v) is 3.71. The van der Waals surface area contributed by atoms with E-state index in [-0.39, 0.29) is 18.4 Å². The smallest absolute Gasteiger partial charge is 0.249 e. The average molecular weight is 354 g/mol. The van der Waals surface area contributed by atoms with E-state index >= 15 is 0 Å². The molecule has 2 atom stereocenters. The number of hydrogen-bond donors (Lipinski definition) is 3. The van der Waals surface area contributed by atoms with Crippen LogP contribution in [0, 0.1) is 5.92 Å². The number of ether oxygens (including phenoxy) is 1. The van der Waals surface area contributed by atoms with E-state index in [2.05, 4.69) is 10.6 Å². The number of piperazine rings is 1. The van der Waals surface area contributed by atoms with E-state index in [9.17, 15) is 14.4 Å². The van der Waals surface area contributed by atoms with Crippen LogP contribution in [0.15, 0.2) is 0 Å². The fraction of sp³-hybridized carbons (Fsp3) is 0.824. The van der Waals surface area contributed by atoms with Gasteiger partial charge in [-0.3, -0.25) is 14.4 Å². The van der Waals surface area contributed by atoms with E-state index in [0.717, 1.165) is 25.7 Å². The van der Waals surface area contributed by atoms with Crippen molar-refractivity contribution in [3.63, 3.8) is 0 Å². The lowest BCUT2D eigenvalue weighted by Crippen LogP contribution is -2.62. The van der Waals surface area contributed by atoms with Gasteiger partial charge in [-0.1, -0.05) is 32.1 Å². The molecule has 25 heavy (non-hydrogen) atoms. The van der Waals surface area contributed by atoms with Crippen molar-refractivity contribution in [2.45, 2.75) is 50.6 Å². The van der Waals surface area contributed by atoms with Crippen LogP contribution in [0.5, 0.6) is 0 Å². The van der Waals surface area contributed by atoms with E-state index in [1.807, 2.05) is 0 Å². The molecule has 8 heteroatoms. The van der Waals surface area contributed by atoms with Crippen molar-refractivity contribution in [3.05, 3.63) is 0 Å². The Labute approximate surface area is 148 Å². The molecule has 2 unspecified atom stereocenters. The molecule has 2 aliphatic rings. The number of nitrogens with zero attached hydrogens (tertiary/aromatic N) is 1. The Hall–Kier alpha value is -1.67. The van der Waals surface area contributed by atoms with Gasteiger partial charge in [-0.2, -0.15) is 0 Å². The van der Waals surface area contributed by atoms with Gasteiger partial charge in [-0.25, -0.2) is 0 Å². The molecule has 0 aromatic carbocycles. The largest absolute Gasteiger partial charge is 0.375 e. The quantitative estimate of drug-likeness (QED) is 0.563. The molecule has 8 nitrogen and oxygen atoms in total. The molecular formula is C17H30N4O4. The Morgan fingerprint density at radius 1 is 1.28 bits per heavy atom. The zero-order chi connectivity index (χ0) is 18.2. The third kappa shape index (κ3) is 5.67. The third-order valence-electron chi connectivity index (χ3n) is 5.09. The van der Waals surface area contributed by atoms with Gasteiger partial charge in [-0.15, -0.1) is 0 Å². The average Bonchev–Trinajstić information content (AvgIpc) is 2.62. The van der Waals surface area contributed by atoms with Gasteiger partial charge in [-0.05, 0) is 12.3 Å². The highest BCUT2D eigenvalue weighted by Gasteiger charge is 2.34. The molecule has 1 aliphatic heterocycles. The number of hydrogen-bond acceptors (Lipinski definition) is 5. The number of rotatable bonds is 7. The maximum absolute atomic E-state index is 12.7. The summed E-state index contributed by atoms with van der Waals surface area (Å²) in [6.07, 6.45) is 6.28. The summed E-state index contributed by atoms with van der Waals surface area (Å²) in [7, 11) is 1.45. The second kappa shape index (κ2) is 9.72. The Morgan fingerprint density at radius 2 is 2.00 bits per heavy atom. The molecule has 2 rings (SSSR count). The van der Waals surface area contributed by atoms with Crippen LogP contribution in [0.2, 0.25) is 0 Å². The lowest BCUT2D eigenvalue weighted by atomic mass is 9.84. The molecule has 0 aromatic heterocycles. The molecule has 1 saturated carbocycles. The van der Waals surface area contributed by atoms with Crippen molar-refractivity contribution in [3.8, 4) is 0 Å². The minimum Gasteiger partial charge on any atom is -0.375 e. The number of primary amides is 1. The van der Waals surface area contributed by atoms with E-state index in [4.69, 9.17) is 10.5 Å². The van der Waals surface area contributed by atoms with Crippen LogP contribution in [-0.2, 0) is 19.1 Å². The predicted molar refractivity (Wildman–Crippen MR) is 92.6 cm³/mol. The van der Waals surface area contributed by atoms with Crippen molar-refractivity contribution < 1.29 is 19.1 Å². The van der Waals surface area contributed by atoms with Gasteiger partial charge >= 0.3 is 0 Å². The summed E-state index contributed by atoms with van der Waals surface area (Å²) in [5.41, 5.74) is 5.50. The molecule has 2 fully saturated rings. The predicted octanol–water partition coefficient (Wildman–Crippen LogP) is -0.626. The van der Waals surface area contributed by atoms with Gasteiger partial charge in [0.25, 0.3) is 0 Å². The number of amides is 3. The Balaban J connectivity index is 1.97. The Kier molecular flexibility index (Phi) is 7.64. The molecule has 4 N–H and O–H groups in total. The first-order valence-electron chi connectivity index (χ1n) is 9.11. The summed E-state index contributed by atoms with van der Waals surface area (Å²) in [5.74, 6) is -0.664. The van der Waals surface area contributed by atoms with Crippen molar-refractivity contribution in [2.75, 3.05) is 33.4 Å². The van der Waals surface area contributed by atoms with Crippen molar-refractivity contribution in [2.24, 2.45) is 11.7 Å². The minimum atomic E-state index is -0.683. The van der Waals surface area contributed by atoms with Gasteiger partial charge in [0, 0.05) is 26.7 Å². The van der Waals surface area contributed by atoms with E-state index in [1.165, 1.54) is 18.4 Å². The van der Waals surface area contributed by atoms with Crippen LogP contribution >= 0.6 is 0 Å². The van der Waals surface area contributed by atoms with Crippen LogP contribution in [0.25, 0.3) is 0 Å². The van der Waals surface area contributed by atoms with E-state index < -0.39 is 18.0 Å². The summed E-state index contributed by atoms with van der Waals surface area (Å²) >= 11 is 0. The van der Waals surface area contributed by atoms with Gasteiger partial charge in [0.05, 0.1) is 0 Å². The van der Waals surface area contributed by atoms with Gasteiger partial charge in [0.15, 0.2) is 0 Å². The summed E-state index contributed by atoms with van der Waals surface area (Å²) in [6, 6.07) is -1.33. The molecule has 0 radical (unpaired) electrons. The molecule has 1 aliphatic carbocycles. The van der Waals surface area contributed by atoms with Gasteiger partial charge in [0.1, 0.15) is 18.7 Å². The topological polar surface area (TPSA) is 114 Å². The lowest BCUT2D eigenvalue weighted by molar-refractivity contribution is -0.145. The zero-order valence-corrected chi connectivity index (χ0v) is 15.0. The summed E-state index contributed by atoms with van der Waals surface area (Å²) < 4.78 is 4.89. The highest BCUT2D eigenvalue weighted by molar-refractivity contribution is 5.92. The van der Waals surface area contributed by atoms with Crippen LogP contribution in [0.3, 0.4) is 0 Å². The van der Waals surface area contributed by atoms with Crippen LogP contribution in [-0.4, -0.2) is 68.1 Å². The molecule has 0 spiro atoms. The minimum absolute atomic E-state index is 0.0644. The Bertz CT molecular complexity index is 479. The number of methoxy groups -OCH3 is 1. The monoisotopic (exact) mass is 354 g/mol. The first kappa shape index (κ1) is 19.7. The number of carbonyl (C=O) groups excluding carboxylic acids is 3. The second-order valence-electron chi connectivity index (χ2n) is 6.94. The van der Waals surface area contributed by atoms with Crippen LogP contribution < -0.4 is 16.4 Å². The Morgan fingerprint density at radius 3 is 2.64 bits per heavy atom. The molecule has 142 valence electrons. The first-order chi connectivity index (χ1) is 12.0.